The van der Waals surface area contributed by atoms with Gasteiger partial charge in [0, 0.05) is 24.5 Å². The third-order valence-corrected chi connectivity index (χ3v) is 2.76. The van der Waals surface area contributed by atoms with Gasteiger partial charge in [-0.1, -0.05) is 11.6 Å². The molecule has 1 amide bonds. The van der Waals surface area contributed by atoms with Crippen molar-refractivity contribution in [2.24, 2.45) is 0 Å². The summed E-state index contributed by atoms with van der Waals surface area (Å²) in [5, 5.41) is 3.07. The Morgan fingerprint density at radius 2 is 2.26 bits per heavy atom. The number of aryl methyl sites for hydroxylation is 2. The summed E-state index contributed by atoms with van der Waals surface area (Å²) in [5.74, 6) is -0.141. The van der Waals surface area contributed by atoms with Gasteiger partial charge in [-0.2, -0.15) is 4.98 Å². The van der Waals surface area contributed by atoms with Crippen LogP contribution in [0.4, 0.5) is 5.82 Å². The van der Waals surface area contributed by atoms with E-state index in [0.717, 1.165) is 0 Å². The van der Waals surface area contributed by atoms with Crippen LogP contribution in [-0.4, -0.2) is 20.4 Å². The number of carbonyl (C=O) groups excluding carboxylic acids is 1. The van der Waals surface area contributed by atoms with Crippen molar-refractivity contribution in [3.63, 3.8) is 0 Å². The number of anilines is 1. The van der Waals surface area contributed by atoms with Gasteiger partial charge in [0.2, 0.25) is 0 Å². The van der Waals surface area contributed by atoms with Gasteiger partial charge in [0.05, 0.1) is 5.02 Å². The predicted octanol–water partition coefficient (Wildman–Crippen LogP) is 1.81. The van der Waals surface area contributed by atoms with Gasteiger partial charge in [0.15, 0.2) is 0 Å². The van der Waals surface area contributed by atoms with Crippen LogP contribution in [0, 0.1) is 6.92 Å². The molecule has 19 heavy (non-hydrogen) atoms. The Bertz CT molecular complexity index is 675. The number of amides is 1. The van der Waals surface area contributed by atoms with Crippen molar-refractivity contribution in [3.05, 3.63) is 45.2 Å². The van der Waals surface area contributed by atoms with E-state index >= 15 is 0 Å². The SMILES string of the molecule is CCn1cc(Cl)cc1C(=O)Nc1cc(C)[nH]c(=O)n1. The summed E-state index contributed by atoms with van der Waals surface area (Å²) in [4.78, 5) is 29.5. The van der Waals surface area contributed by atoms with E-state index in [-0.39, 0.29) is 11.7 Å². The standard InChI is InChI=1S/C12H13ClN4O2/c1-3-17-6-8(13)5-9(17)11(18)15-10-4-7(2)14-12(19)16-10/h4-6H,3H2,1-2H3,(H2,14,15,16,18,19). The smallest absolute Gasteiger partial charge is 0.342 e. The van der Waals surface area contributed by atoms with Gasteiger partial charge < -0.3 is 14.9 Å². The summed E-state index contributed by atoms with van der Waals surface area (Å²) >= 11 is 5.87. The summed E-state index contributed by atoms with van der Waals surface area (Å²) in [6.45, 7) is 4.24. The zero-order valence-corrected chi connectivity index (χ0v) is 11.3. The average Bonchev–Trinajstić information content (AvgIpc) is 2.69. The zero-order chi connectivity index (χ0) is 14.0. The number of halogens is 1. The Hall–Kier alpha value is -2.08. The van der Waals surface area contributed by atoms with E-state index in [9.17, 15) is 9.59 Å². The second-order valence-corrected chi connectivity index (χ2v) is 4.47. The largest absolute Gasteiger partial charge is 0.347 e. The number of carbonyl (C=O) groups is 1. The molecule has 0 atom stereocenters. The monoisotopic (exact) mass is 280 g/mol. The molecule has 0 saturated heterocycles. The molecule has 100 valence electrons. The molecule has 0 saturated carbocycles. The normalized spacial score (nSPS) is 10.5. The van der Waals surface area contributed by atoms with Gasteiger partial charge >= 0.3 is 5.69 Å². The van der Waals surface area contributed by atoms with Gasteiger partial charge in [0.25, 0.3) is 5.91 Å². The van der Waals surface area contributed by atoms with E-state index in [1.54, 1.807) is 29.8 Å². The first-order chi connectivity index (χ1) is 8.99. The van der Waals surface area contributed by atoms with Gasteiger partial charge in [-0.05, 0) is 19.9 Å². The second kappa shape index (κ2) is 5.27. The minimum Gasteiger partial charge on any atom is -0.342 e. The molecule has 2 heterocycles. The van der Waals surface area contributed by atoms with Crippen molar-refractivity contribution >= 4 is 23.3 Å². The Morgan fingerprint density at radius 3 is 2.89 bits per heavy atom. The second-order valence-electron chi connectivity index (χ2n) is 4.04. The van der Waals surface area contributed by atoms with E-state index in [1.807, 2.05) is 6.92 Å². The van der Waals surface area contributed by atoms with Gasteiger partial charge in [-0.3, -0.25) is 4.79 Å². The highest BCUT2D eigenvalue weighted by molar-refractivity contribution is 6.31. The molecule has 6 nitrogen and oxygen atoms in total. The average molecular weight is 281 g/mol. The first-order valence-electron chi connectivity index (χ1n) is 5.74. The lowest BCUT2D eigenvalue weighted by Crippen LogP contribution is -2.20. The van der Waals surface area contributed by atoms with Crippen LogP contribution in [0.1, 0.15) is 23.1 Å². The van der Waals surface area contributed by atoms with Crippen LogP contribution in [0.2, 0.25) is 5.02 Å². The lowest BCUT2D eigenvalue weighted by Gasteiger charge is -2.07. The fourth-order valence-electron chi connectivity index (χ4n) is 1.75. The Morgan fingerprint density at radius 1 is 1.53 bits per heavy atom. The third-order valence-electron chi connectivity index (χ3n) is 2.56. The van der Waals surface area contributed by atoms with Crippen LogP contribution in [-0.2, 0) is 6.54 Å². The quantitative estimate of drug-likeness (QED) is 0.900. The molecule has 0 spiro atoms. The van der Waals surface area contributed by atoms with Gasteiger partial charge in [-0.25, -0.2) is 4.79 Å². The molecule has 0 aliphatic rings. The number of aromatic nitrogens is 3. The maximum absolute atomic E-state index is 12.1. The van der Waals surface area contributed by atoms with Crippen LogP contribution < -0.4 is 11.0 Å². The van der Waals surface area contributed by atoms with E-state index in [0.29, 0.717) is 23.0 Å². The van der Waals surface area contributed by atoms with Crippen molar-refractivity contribution < 1.29 is 4.79 Å². The topological polar surface area (TPSA) is 79.8 Å². The number of nitrogens with zero attached hydrogens (tertiary/aromatic N) is 2. The maximum Gasteiger partial charge on any atom is 0.347 e. The number of aromatic amines is 1. The maximum atomic E-state index is 12.1. The summed E-state index contributed by atoms with van der Waals surface area (Å²) < 4.78 is 1.72. The van der Waals surface area contributed by atoms with Gasteiger partial charge in [0.1, 0.15) is 11.5 Å². The number of hydrogen-bond donors (Lipinski definition) is 2. The van der Waals surface area contributed by atoms with Crippen LogP contribution in [0.15, 0.2) is 23.1 Å². The van der Waals surface area contributed by atoms with Crippen LogP contribution in [0.25, 0.3) is 0 Å². The molecule has 2 aromatic rings. The molecule has 2 rings (SSSR count). The fraction of sp³-hybridized carbons (Fsp3) is 0.250. The molecule has 0 radical (unpaired) electrons. The number of nitrogens with one attached hydrogen (secondary N) is 2. The number of rotatable bonds is 3. The number of H-pyrrole nitrogens is 1. The molecule has 0 aromatic carbocycles. The first-order valence-corrected chi connectivity index (χ1v) is 6.12. The summed E-state index contributed by atoms with van der Waals surface area (Å²) in [6, 6.07) is 3.15. The molecular formula is C12H13ClN4O2. The van der Waals surface area contributed by atoms with Crippen molar-refractivity contribution in [2.75, 3.05) is 5.32 Å². The Labute approximate surface area is 114 Å². The molecule has 7 heteroatoms. The lowest BCUT2D eigenvalue weighted by atomic mass is 10.3. The van der Waals surface area contributed by atoms with Crippen LogP contribution >= 0.6 is 11.6 Å². The van der Waals surface area contributed by atoms with E-state index < -0.39 is 5.69 Å². The van der Waals surface area contributed by atoms with Crippen molar-refractivity contribution in [2.45, 2.75) is 20.4 Å². The predicted molar refractivity (Wildman–Crippen MR) is 72.7 cm³/mol. The molecule has 2 N–H and O–H groups in total. The molecule has 2 aromatic heterocycles. The van der Waals surface area contributed by atoms with Crippen LogP contribution in [0.3, 0.4) is 0 Å². The van der Waals surface area contributed by atoms with Gasteiger partial charge in [-0.15, -0.1) is 0 Å². The van der Waals surface area contributed by atoms with E-state index in [4.69, 9.17) is 11.6 Å². The van der Waals surface area contributed by atoms with Crippen molar-refractivity contribution in [3.8, 4) is 0 Å². The molecule has 0 aliphatic carbocycles. The molecular weight excluding hydrogens is 268 g/mol. The Balaban J connectivity index is 2.27. The number of hydrogen-bond acceptors (Lipinski definition) is 3. The molecule has 0 fully saturated rings. The molecule has 0 bridgehead atoms. The first kappa shape index (κ1) is 13.4. The molecule has 0 aliphatic heterocycles. The Kier molecular flexibility index (Phi) is 3.71. The zero-order valence-electron chi connectivity index (χ0n) is 10.5. The third kappa shape index (κ3) is 3.03. The summed E-state index contributed by atoms with van der Waals surface area (Å²) in [5.41, 5.74) is 0.547. The minimum atomic E-state index is -0.501. The minimum absolute atomic E-state index is 0.214. The van der Waals surface area contributed by atoms with E-state index in [2.05, 4.69) is 15.3 Å². The van der Waals surface area contributed by atoms with Crippen molar-refractivity contribution in [1.29, 1.82) is 0 Å². The highest BCUT2D eigenvalue weighted by Gasteiger charge is 2.13. The lowest BCUT2D eigenvalue weighted by molar-refractivity contribution is 0.101. The highest BCUT2D eigenvalue weighted by atomic mass is 35.5. The molecule has 0 unspecified atom stereocenters. The van der Waals surface area contributed by atoms with Crippen molar-refractivity contribution in [1.82, 2.24) is 14.5 Å². The van der Waals surface area contributed by atoms with E-state index in [1.165, 1.54) is 0 Å². The van der Waals surface area contributed by atoms with Crippen LogP contribution in [0.5, 0.6) is 0 Å². The summed E-state index contributed by atoms with van der Waals surface area (Å²) in [7, 11) is 0. The highest BCUT2D eigenvalue weighted by Crippen LogP contribution is 2.15. The fourth-order valence-corrected chi connectivity index (χ4v) is 1.97. The summed E-state index contributed by atoms with van der Waals surface area (Å²) in [6.07, 6.45) is 1.67.